The second-order valence-corrected chi connectivity index (χ2v) is 6.81. The molecule has 0 atom stereocenters. The van der Waals surface area contributed by atoms with Gasteiger partial charge >= 0.3 is 0 Å². The van der Waals surface area contributed by atoms with Crippen molar-refractivity contribution in [3.63, 3.8) is 0 Å². The Morgan fingerprint density at radius 1 is 1.21 bits per heavy atom. The first-order valence-corrected chi connectivity index (χ1v) is 8.84. The van der Waals surface area contributed by atoms with E-state index in [9.17, 15) is 4.39 Å². The van der Waals surface area contributed by atoms with Gasteiger partial charge < -0.3 is 14.3 Å². The van der Waals surface area contributed by atoms with Gasteiger partial charge in [-0.1, -0.05) is 28.4 Å². The fourth-order valence-corrected chi connectivity index (χ4v) is 2.23. The molecule has 0 bridgehead atoms. The first kappa shape index (κ1) is 21.1. The van der Waals surface area contributed by atoms with E-state index in [1.54, 1.807) is 6.07 Å². The van der Waals surface area contributed by atoms with E-state index in [4.69, 9.17) is 37.5 Å². The van der Waals surface area contributed by atoms with E-state index in [0.717, 1.165) is 18.6 Å². The maximum atomic E-state index is 14.1. The number of benzene rings is 1. The molecule has 0 heterocycles. The topological polar surface area (TPSA) is 40.0 Å². The number of hydrogen-bond acceptors (Lipinski definition) is 4. The van der Waals surface area contributed by atoms with Crippen molar-refractivity contribution in [1.82, 2.24) is 0 Å². The molecule has 0 aliphatic carbocycles. The molecule has 0 spiro atoms. The monoisotopic (exact) mass is 441 g/mol. The highest BCUT2D eigenvalue weighted by atomic mass is 79.9. The van der Waals surface area contributed by atoms with Crippen LogP contribution in [0.4, 0.5) is 4.39 Å². The number of rotatable bonds is 10. The van der Waals surface area contributed by atoms with Crippen LogP contribution in [0.1, 0.15) is 26.7 Å². The summed E-state index contributed by atoms with van der Waals surface area (Å²) in [6, 6.07) is 2.87. The lowest BCUT2D eigenvalue weighted by molar-refractivity contribution is 0.135. The van der Waals surface area contributed by atoms with Crippen LogP contribution in [-0.2, 0) is 4.84 Å². The molecule has 0 aliphatic heterocycles. The third-order valence-electron chi connectivity index (χ3n) is 2.58. The highest BCUT2D eigenvalue weighted by Gasteiger charge is 2.11. The van der Waals surface area contributed by atoms with Gasteiger partial charge in [-0.2, -0.15) is 0 Å². The molecule has 1 aromatic carbocycles. The lowest BCUT2D eigenvalue weighted by atomic mass is 10.3. The average molecular weight is 443 g/mol. The van der Waals surface area contributed by atoms with E-state index in [2.05, 4.69) is 21.1 Å². The van der Waals surface area contributed by atoms with Gasteiger partial charge in [-0.15, -0.1) is 0 Å². The second kappa shape index (κ2) is 11.6. The first-order chi connectivity index (χ1) is 11.4. The van der Waals surface area contributed by atoms with Gasteiger partial charge in [0.05, 0.1) is 16.8 Å². The third-order valence-corrected chi connectivity index (χ3v) is 3.48. The van der Waals surface area contributed by atoms with Crippen LogP contribution in [0.25, 0.3) is 0 Å². The second-order valence-electron chi connectivity index (χ2n) is 4.95. The summed E-state index contributed by atoms with van der Waals surface area (Å²) in [5.41, 5.74) is 0.864. The zero-order valence-electron chi connectivity index (χ0n) is 13.5. The van der Waals surface area contributed by atoms with Gasteiger partial charge in [0, 0.05) is 6.07 Å². The van der Waals surface area contributed by atoms with Crippen LogP contribution in [0.5, 0.6) is 11.5 Å². The molecule has 134 valence electrons. The third kappa shape index (κ3) is 8.76. The lowest BCUT2D eigenvalue weighted by Gasteiger charge is -2.11. The van der Waals surface area contributed by atoms with Crippen molar-refractivity contribution in [2.75, 3.05) is 19.8 Å². The molecule has 4 nitrogen and oxygen atoms in total. The molecule has 0 saturated carbocycles. The van der Waals surface area contributed by atoms with Gasteiger partial charge in [0.25, 0.3) is 0 Å². The summed E-state index contributed by atoms with van der Waals surface area (Å²) in [5, 5.41) is 3.83. The fraction of sp³-hybridized carbons (Fsp3) is 0.438. The minimum absolute atomic E-state index is 0.0956. The van der Waals surface area contributed by atoms with E-state index in [0.29, 0.717) is 23.4 Å². The Balaban J connectivity index is 2.43. The van der Waals surface area contributed by atoms with Crippen molar-refractivity contribution < 1.29 is 18.7 Å². The molecule has 0 aliphatic rings. The van der Waals surface area contributed by atoms with Gasteiger partial charge in [0.1, 0.15) is 23.5 Å². The van der Waals surface area contributed by atoms with E-state index < -0.39 is 5.82 Å². The van der Waals surface area contributed by atoms with E-state index >= 15 is 0 Å². The van der Waals surface area contributed by atoms with Crippen LogP contribution < -0.4 is 9.47 Å². The molecule has 0 saturated heterocycles. The number of nitrogens with zero attached hydrogens (tertiary/aromatic N) is 1. The molecule has 1 aromatic rings. The maximum absolute atomic E-state index is 14.1. The molecule has 0 radical (unpaired) electrons. The Bertz CT molecular complexity index is 566. The zero-order chi connectivity index (χ0) is 17.9. The molecular formula is C16H19BrCl2FNO3. The fourth-order valence-electron chi connectivity index (χ4n) is 1.58. The summed E-state index contributed by atoms with van der Waals surface area (Å²) < 4.78 is 25.4. The molecule has 0 unspecified atom stereocenters. The van der Waals surface area contributed by atoms with Gasteiger partial charge in [-0.25, -0.2) is 4.39 Å². The summed E-state index contributed by atoms with van der Waals surface area (Å²) >= 11 is 14.2. The number of hydrogen-bond donors (Lipinski definition) is 0. The molecule has 0 amide bonds. The number of unbranched alkanes of at least 4 members (excludes halogenated alkanes) is 1. The summed E-state index contributed by atoms with van der Waals surface area (Å²) in [6.07, 6.45) is 2.95. The smallest absolute Gasteiger partial charge is 0.169 e. The Morgan fingerprint density at radius 2 is 1.92 bits per heavy atom. The van der Waals surface area contributed by atoms with E-state index in [1.165, 1.54) is 12.1 Å². The highest BCUT2D eigenvalue weighted by Crippen LogP contribution is 2.33. The maximum Gasteiger partial charge on any atom is 0.169 e. The van der Waals surface area contributed by atoms with Crippen LogP contribution in [0.3, 0.4) is 0 Å². The van der Waals surface area contributed by atoms with Crippen molar-refractivity contribution >= 4 is 44.8 Å². The van der Waals surface area contributed by atoms with Crippen molar-refractivity contribution in [2.45, 2.75) is 26.7 Å². The van der Waals surface area contributed by atoms with Crippen LogP contribution >= 0.6 is 39.1 Å². The Morgan fingerprint density at radius 3 is 2.54 bits per heavy atom. The minimum atomic E-state index is -0.511. The largest absolute Gasteiger partial charge is 0.489 e. The Labute approximate surface area is 159 Å². The van der Waals surface area contributed by atoms with Crippen LogP contribution in [0.15, 0.2) is 32.3 Å². The first-order valence-electron chi connectivity index (χ1n) is 7.29. The normalized spacial score (nSPS) is 10.1. The number of ether oxygens (including phenoxy) is 2. The zero-order valence-corrected chi connectivity index (χ0v) is 16.5. The molecule has 0 aromatic heterocycles. The van der Waals surface area contributed by atoms with Gasteiger partial charge in [-0.05, 0) is 54.8 Å². The van der Waals surface area contributed by atoms with E-state index in [1.807, 2.05) is 13.8 Å². The summed E-state index contributed by atoms with van der Waals surface area (Å²) in [7, 11) is 0. The van der Waals surface area contributed by atoms with Crippen LogP contribution in [0, 0.1) is 5.82 Å². The van der Waals surface area contributed by atoms with Gasteiger partial charge in [0.15, 0.2) is 11.6 Å². The molecule has 0 fully saturated rings. The van der Waals surface area contributed by atoms with Crippen molar-refractivity contribution in [1.29, 1.82) is 0 Å². The van der Waals surface area contributed by atoms with Crippen molar-refractivity contribution in [3.8, 4) is 11.5 Å². The van der Waals surface area contributed by atoms with Crippen molar-refractivity contribution in [3.05, 3.63) is 33.0 Å². The quantitative estimate of drug-likeness (QED) is 0.259. The summed E-state index contributed by atoms with van der Waals surface area (Å²) in [4.78, 5) is 5.07. The van der Waals surface area contributed by atoms with Crippen LogP contribution in [-0.4, -0.2) is 25.5 Å². The number of halogens is 4. The summed E-state index contributed by atoms with van der Waals surface area (Å²) in [6.45, 7) is 4.74. The summed E-state index contributed by atoms with van der Waals surface area (Å²) in [5.74, 6) is -0.0156. The Hall–Kier alpha value is -0.980. The lowest BCUT2D eigenvalue weighted by Crippen LogP contribution is -2.03. The molecule has 24 heavy (non-hydrogen) atoms. The highest BCUT2D eigenvalue weighted by molar-refractivity contribution is 9.10. The number of oxime groups is 1. The van der Waals surface area contributed by atoms with Gasteiger partial charge in [0.2, 0.25) is 0 Å². The minimum Gasteiger partial charge on any atom is -0.489 e. The molecular weight excluding hydrogens is 424 g/mol. The van der Waals surface area contributed by atoms with Crippen molar-refractivity contribution in [2.24, 2.45) is 5.16 Å². The SMILES string of the molecule is CC(C)=NOCCCCOc1c(F)cc(OCC=C(Cl)Cl)cc1Br. The van der Waals surface area contributed by atoms with Gasteiger partial charge in [-0.3, -0.25) is 0 Å². The predicted molar refractivity (Wildman–Crippen MR) is 98.8 cm³/mol. The van der Waals surface area contributed by atoms with Crippen LogP contribution in [0.2, 0.25) is 0 Å². The standard InChI is InChI=1S/C16H19BrCl2FNO3/c1-11(2)21-24-7-4-3-6-23-16-13(17)9-12(10-14(16)20)22-8-5-15(18)19/h5,9-10H,3-4,6-8H2,1-2H3. The average Bonchev–Trinajstić information content (AvgIpc) is 2.47. The predicted octanol–water partition coefficient (Wildman–Crippen LogP) is 5.86. The Kier molecular flexibility index (Phi) is 10.1. The molecule has 8 heteroatoms. The molecule has 0 N–H and O–H groups in total. The van der Waals surface area contributed by atoms with E-state index in [-0.39, 0.29) is 16.8 Å². The molecule has 1 rings (SSSR count).